The fourth-order valence-corrected chi connectivity index (χ4v) is 3.81. The molecule has 1 aliphatic rings. The standard InChI is InChI=1S/C22H23N3O2/c1-15-8-2-7-13-20(15)25-21(14-19(24-25)16-9-3-4-10-16)23-18-12-6-5-11-17(18)22(26)27/h2,5-8,11-14,16,23H,3-4,9-10H2,1H3,(H,26,27). The Hall–Kier alpha value is -3.08. The Morgan fingerprint density at radius 2 is 1.81 bits per heavy atom. The number of aromatic carboxylic acids is 1. The molecule has 0 radical (unpaired) electrons. The summed E-state index contributed by atoms with van der Waals surface area (Å²) in [7, 11) is 0. The second-order valence-electron chi connectivity index (χ2n) is 7.11. The molecule has 1 saturated carbocycles. The number of carbonyl (C=O) groups is 1. The van der Waals surface area contributed by atoms with Gasteiger partial charge >= 0.3 is 5.97 Å². The van der Waals surface area contributed by atoms with Gasteiger partial charge in [0.2, 0.25) is 0 Å². The highest BCUT2D eigenvalue weighted by Crippen LogP contribution is 2.36. The van der Waals surface area contributed by atoms with Gasteiger partial charge in [0.05, 0.1) is 22.6 Å². The van der Waals surface area contributed by atoms with Crippen molar-refractivity contribution in [1.29, 1.82) is 0 Å². The van der Waals surface area contributed by atoms with Crippen molar-refractivity contribution in [3.05, 3.63) is 71.4 Å². The average molecular weight is 361 g/mol. The lowest BCUT2D eigenvalue weighted by Gasteiger charge is -2.13. The Morgan fingerprint density at radius 3 is 2.56 bits per heavy atom. The number of anilines is 2. The molecule has 1 aromatic heterocycles. The van der Waals surface area contributed by atoms with Gasteiger partial charge in [-0.3, -0.25) is 0 Å². The third-order valence-electron chi connectivity index (χ3n) is 5.27. The fourth-order valence-electron chi connectivity index (χ4n) is 3.81. The smallest absolute Gasteiger partial charge is 0.337 e. The van der Waals surface area contributed by atoms with E-state index in [1.807, 2.05) is 28.9 Å². The number of carboxylic acid groups (broad SMARTS) is 1. The molecule has 0 saturated heterocycles. The molecular formula is C22H23N3O2. The van der Waals surface area contributed by atoms with Crippen LogP contribution in [0.15, 0.2) is 54.6 Å². The summed E-state index contributed by atoms with van der Waals surface area (Å²) in [6.45, 7) is 2.06. The van der Waals surface area contributed by atoms with E-state index in [2.05, 4.69) is 24.4 Å². The van der Waals surface area contributed by atoms with Gasteiger partial charge in [-0.25, -0.2) is 9.48 Å². The summed E-state index contributed by atoms with van der Waals surface area (Å²) in [4.78, 5) is 11.6. The minimum Gasteiger partial charge on any atom is -0.478 e. The maximum absolute atomic E-state index is 11.6. The summed E-state index contributed by atoms with van der Waals surface area (Å²) >= 11 is 0. The molecule has 2 aromatic carbocycles. The van der Waals surface area contributed by atoms with Gasteiger partial charge in [-0.1, -0.05) is 43.2 Å². The summed E-state index contributed by atoms with van der Waals surface area (Å²) in [6.07, 6.45) is 4.81. The van der Waals surface area contributed by atoms with Crippen LogP contribution in [0.1, 0.15) is 53.2 Å². The Bertz CT molecular complexity index is 971. The largest absolute Gasteiger partial charge is 0.478 e. The van der Waals surface area contributed by atoms with Crippen molar-refractivity contribution in [3.8, 4) is 5.69 Å². The Morgan fingerprint density at radius 1 is 1.11 bits per heavy atom. The highest BCUT2D eigenvalue weighted by Gasteiger charge is 2.23. The number of carboxylic acids is 1. The Balaban J connectivity index is 1.79. The normalized spacial score (nSPS) is 14.4. The molecule has 3 aromatic rings. The second-order valence-corrected chi connectivity index (χ2v) is 7.11. The van der Waals surface area contributed by atoms with E-state index >= 15 is 0 Å². The molecule has 138 valence electrons. The molecule has 0 bridgehead atoms. The molecule has 0 aliphatic heterocycles. The van der Waals surface area contributed by atoms with Crippen LogP contribution in [-0.4, -0.2) is 20.9 Å². The maximum atomic E-state index is 11.6. The van der Waals surface area contributed by atoms with Crippen LogP contribution in [0.4, 0.5) is 11.5 Å². The lowest BCUT2D eigenvalue weighted by Crippen LogP contribution is -2.07. The second kappa shape index (κ2) is 7.27. The van der Waals surface area contributed by atoms with E-state index in [-0.39, 0.29) is 5.56 Å². The molecule has 0 spiro atoms. The number of aryl methyl sites for hydroxylation is 1. The van der Waals surface area contributed by atoms with E-state index in [1.54, 1.807) is 18.2 Å². The molecule has 27 heavy (non-hydrogen) atoms. The van der Waals surface area contributed by atoms with E-state index in [4.69, 9.17) is 5.10 Å². The summed E-state index contributed by atoms with van der Waals surface area (Å²) in [5, 5.41) is 17.7. The monoisotopic (exact) mass is 361 g/mol. The van der Waals surface area contributed by atoms with Gasteiger partial charge in [0.25, 0.3) is 0 Å². The minimum atomic E-state index is -0.948. The molecule has 0 amide bonds. The third kappa shape index (κ3) is 3.45. The highest BCUT2D eigenvalue weighted by atomic mass is 16.4. The van der Waals surface area contributed by atoms with Crippen LogP contribution in [0, 0.1) is 6.92 Å². The third-order valence-corrected chi connectivity index (χ3v) is 5.27. The lowest BCUT2D eigenvalue weighted by molar-refractivity contribution is 0.0698. The Labute approximate surface area is 158 Å². The topological polar surface area (TPSA) is 67.2 Å². The van der Waals surface area contributed by atoms with Gasteiger partial charge in [-0.05, 0) is 43.5 Å². The molecule has 2 N–H and O–H groups in total. The van der Waals surface area contributed by atoms with Crippen LogP contribution in [0.3, 0.4) is 0 Å². The predicted octanol–water partition coefficient (Wildman–Crippen LogP) is 5.28. The van der Waals surface area contributed by atoms with E-state index in [0.29, 0.717) is 11.6 Å². The first-order valence-corrected chi connectivity index (χ1v) is 9.39. The van der Waals surface area contributed by atoms with E-state index in [0.717, 1.165) is 35.6 Å². The zero-order chi connectivity index (χ0) is 18.8. The molecule has 5 heteroatoms. The van der Waals surface area contributed by atoms with Gasteiger partial charge in [-0.2, -0.15) is 5.10 Å². The molecule has 4 rings (SSSR count). The quantitative estimate of drug-likeness (QED) is 0.649. The van der Waals surface area contributed by atoms with Crippen LogP contribution < -0.4 is 5.32 Å². The average Bonchev–Trinajstić information content (AvgIpc) is 3.32. The number of benzene rings is 2. The van der Waals surface area contributed by atoms with Crippen LogP contribution in [0.25, 0.3) is 5.69 Å². The lowest BCUT2D eigenvalue weighted by atomic mass is 10.0. The minimum absolute atomic E-state index is 0.248. The van der Waals surface area contributed by atoms with E-state index < -0.39 is 5.97 Å². The first-order chi connectivity index (χ1) is 13.1. The van der Waals surface area contributed by atoms with Crippen molar-refractivity contribution in [1.82, 2.24) is 9.78 Å². The zero-order valence-corrected chi connectivity index (χ0v) is 15.4. The number of rotatable bonds is 5. The Kier molecular flexibility index (Phi) is 4.67. The highest BCUT2D eigenvalue weighted by molar-refractivity contribution is 5.95. The number of aromatic nitrogens is 2. The molecule has 0 atom stereocenters. The van der Waals surface area contributed by atoms with Gasteiger partial charge < -0.3 is 10.4 Å². The maximum Gasteiger partial charge on any atom is 0.337 e. The number of nitrogens with one attached hydrogen (secondary N) is 1. The summed E-state index contributed by atoms with van der Waals surface area (Å²) in [5.41, 5.74) is 4.01. The molecule has 0 unspecified atom stereocenters. The van der Waals surface area contributed by atoms with Crippen LogP contribution >= 0.6 is 0 Å². The number of hydrogen-bond acceptors (Lipinski definition) is 3. The van der Waals surface area contributed by atoms with Crippen LogP contribution in [0.5, 0.6) is 0 Å². The number of nitrogens with zero attached hydrogens (tertiary/aromatic N) is 2. The van der Waals surface area contributed by atoms with Crippen molar-refractivity contribution in [3.63, 3.8) is 0 Å². The van der Waals surface area contributed by atoms with Gasteiger partial charge in [0.1, 0.15) is 5.82 Å². The van der Waals surface area contributed by atoms with Crippen molar-refractivity contribution >= 4 is 17.5 Å². The van der Waals surface area contributed by atoms with Crippen LogP contribution in [0.2, 0.25) is 0 Å². The summed E-state index contributed by atoms with van der Waals surface area (Å²) < 4.78 is 1.90. The van der Waals surface area contributed by atoms with E-state index in [1.165, 1.54) is 12.8 Å². The summed E-state index contributed by atoms with van der Waals surface area (Å²) in [5.74, 6) is 0.321. The van der Waals surface area contributed by atoms with Crippen molar-refractivity contribution in [2.24, 2.45) is 0 Å². The molecule has 1 fully saturated rings. The zero-order valence-electron chi connectivity index (χ0n) is 15.4. The van der Waals surface area contributed by atoms with Crippen molar-refractivity contribution < 1.29 is 9.90 Å². The van der Waals surface area contributed by atoms with Gasteiger partial charge in [0.15, 0.2) is 0 Å². The fraction of sp³-hybridized carbons (Fsp3) is 0.273. The predicted molar refractivity (Wildman–Crippen MR) is 106 cm³/mol. The first kappa shape index (κ1) is 17.3. The van der Waals surface area contributed by atoms with Gasteiger partial charge in [0, 0.05) is 12.0 Å². The summed E-state index contributed by atoms with van der Waals surface area (Å²) in [6, 6.07) is 17.1. The first-order valence-electron chi connectivity index (χ1n) is 9.39. The molecular weight excluding hydrogens is 338 g/mol. The van der Waals surface area contributed by atoms with E-state index in [9.17, 15) is 9.90 Å². The molecule has 5 nitrogen and oxygen atoms in total. The van der Waals surface area contributed by atoms with Gasteiger partial charge in [-0.15, -0.1) is 0 Å². The number of hydrogen-bond donors (Lipinski definition) is 2. The molecule has 1 heterocycles. The van der Waals surface area contributed by atoms with Crippen molar-refractivity contribution in [2.75, 3.05) is 5.32 Å². The SMILES string of the molecule is Cc1ccccc1-n1nc(C2CCCC2)cc1Nc1ccccc1C(=O)O. The van der Waals surface area contributed by atoms with Crippen LogP contribution in [-0.2, 0) is 0 Å². The van der Waals surface area contributed by atoms with Crippen molar-refractivity contribution in [2.45, 2.75) is 38.5 Å². The number of para-hydroxylation sites is 2. The molecule has 1 aliphatic carbocycles.